The lowest BCUT2D eigenvalue weighted by Gasteiger charge is -2.49. The van der Waals surface area contributed by atoms with Crippen LogP contribution in [0.1, 0.15) is 29.9 Å². The van der Waals surface area contributed by atoms with Crippen molar-refractivity contribution in [1.29, 1.82) is 0 Å². The van der Waals surface area contributed by atoms with Gasteiger partial charge in [0, 0.05) is 57.0 Å². The summed E-state index contributed by atoms with van der Waals surface area (Å²) < 4.78 is 2.43. The Balaban J connectivity index is 1.52. The summed E-state index contributed by atoms with van der Waals surface area (Å²) in [4.78, 5) is 14.0. The van der Waals surface area contributed by atoms with Crippen molar-refractivity contribution in [3.63, 3.8) is 0 Å². The summed E-state index contributed by atoms with van der Waals surface area (Å²) in [7, 11) is 2.27. The third-order valence-corrected chi connectivity index (χ3v) is 5.70. The number of piperidine rings is 1. The summed E-state index contributed by atoms with van der Waals surface area (Å²) in [5.41, 5.74) is 2.78. The maximum absolute atomic E-state index is 4.79. The molecule has 5 nitrogen and oxygen atoms in total. The van der Waals surface area contributed by atoms with Gasteiger partial charge >= 0.3 is 0 Å². The Bertz CT molecular complexity index is 670. The summed E-state index contributed by atoms with van der Waals surface area (Å²) in [6.07, 6.45) is 8.13. The molecule has 0 aliphatic carbocycles. The number of nitrogens with zero attached hydrogens (tertiary/aromatic N) is 5. The number of hydrogen-bond donors (Lipinski definition) is 0. The first kappa shape index (κ1) is 14.8. The topological polar surface area (TPSA) is 37.2 Å². The predicted octanol–water partition coefficient (Wildman–Crippen LogP) is 2.02. The molecule has 1 fully saturated rings. The van der Waals surface area contributed by atoms with E-state index in [1.54, 1.807) is 0 Å². The maximum Gasteiger partial charge on any atom is 0.129 e. The minimum Gasteiger partial charge on any atom is -0.329 e. The van der Waals surface area contributed by atoms with Gasteiger partial charge in [-0.25, -0.2) is 4.98 Å². The lowest BCUT2D eigenvalue weighted by atomic mass is 9.83. The van der Waals surface area contributed by atoms with Crippen molar-refractivity contribution < 1.29 is 0 Å². The Kier molecular flexibility index (Phi) is 3.70. The molecule has 0 atom stereocenters. The van der Waals surface area contributed by atoms with Crippen LogP contribution in [0.5, 0.6) is 0 Å². The number of fused-ring (bicyclic) bond motifs is 2. The normalized spacial score (nSPS) is 21.5. The van der Waals surface area contributed by atoms with Crippen molar-refractivity contribution in [3.05, 3.63) is 47.8 Å². The van der Waals surface area contributed by atoms with Crippen LogP contribution in [0.3, 0.4) is 0 Å². The molecule has 1 saturated heterocycles. The molecule has 2 aromatic rings. The highest BCUT2D eigenvalue weighted by atomic mass is 15.3. The second-order valence-electron chi connectivity index (χ2n) is 6.96. The van der Waals surface area contributed by atoms with E-state index in [1.807, 2.05) is 18.6 Å². The molecule has 1 spiro atoms. The summed E-state index contributed by atoms with van der Waals surface area (Å²) in [6.45, 7) is 7.63. The third-order valence-electron chi connectivity index (χ3n) is 5.70. The number of aryl methyl sites for hydroxylation is 1. The fourth-order valence-corrected chi connectivity index (χ4v) is 4.18. The van der Waals surface area contributed by atoms with Gasteiger partial charge in [0.1, 0.15) is 5.82 Å². The number of imidazole rings is 1. The first-order chi connectivity index (χ1) is 11.2. The van der Waals surface area contributed by atoms with Crippen LogP contribution in [0.25, 0.3) is 0 Å². The highest BCUT2D eigenvalue weighted by molar-refractivity contribution is 5.18. The number of likely N-dealkylation sites (tertiary alicyclic amines) is 1. The SMILES string of the molecule is Cc1cnc2n1CCN(C)C21CCN(Cc2ccncc2)CC1. The Labute approximate surface area is 138 Å². The predicted molar refractivity (Wildman–Crippen MR) is 90.0 cm³/mol. The van der Waals surface area contributed by atoms with Gasteiger partial charge in [0.15, 0.2) is 0 Å². The number of rotatable bonds is 2. The summed E-state index contributed by atoms with van der Waals surface area (Å²) in [6, 6.07) is 4.24. The number of hydrogen-bond acceptors (Lipinski definition) is 4. The van der Waals surface area contributed by atoms with Crippen LogP contribution in [0, 0.1) is 6.92 Å². The van der Waals surface area contributed by atoms with Crippen molar-refractivity contribution in [2.24, 2.45) is 0 Å². The van der Waals surface area contributed by atoms with Gasteiger partial charge in [0.25, 0.3) is 0 Å². The van der Waals surface area contributed by atoms with Crippen LogP contribution >= 0.6 is 0 Å². The van der Waals surface area contributed by atoms with Crippen LogP contribution < -0.4 is 0 Å². The fraction of sp³-hybridized carbons (Fsp3) is 0.556. The van der Waals surface area contributed by atoms with E-state index in [0.717, 1.165) is 45.6 Å². The van der Waals surface area contributed by atoms with Gasteiger partial charge in [0.05, 0.1) is 5.54 Å². The monoisotopic (exact) mass is 311 g/mol. The summed E-state index contributed by atoms with van der Waals surface area (Å²) in [5, 5.41) is 0. The zero-order valence-electron chi connectivity index (χ0n) is 14.1. The maximum atomic E-state index is 4.79. The lowest BCUT2D eigenvalue weighted by molar-refractivity contribution is 0.00636. The van der Waals surface area contributed by atoms with Crippen LogP contribution in [0.4, 0.5) is 0 Å². The zero-order chi connectivity index (χ0) is 15.9. The van der Waals surface area contributed by atoms with Crippen molar-refractivity contribution in [1.82, 2.24) is 24.3 Å². The van der Waals surface area contributed by atoms with Crippen molar-refractivity contribution in [3.8, 4) is 0 Å². The van der Waals surface area contributed by atoms with Crippen molar-refractivity contribution in [2.45, 2.75) is 38.4 Å². The van der Waals surface area contributed by atoms with Crippen LogP contribution in [0.15, 0.2) is 30.7 Å². The lowest BCUT2D eigenvalue weighted by Crippen LogP contribution is -2.56. The molecule has 23 heavy (non-hydrogen) atoms. The average molecular weight is 311 g/mol. The van der Waals surface area contributed by atoms with Gasteiger partial charge < -0.3 is 4.57 Å². The zero-order valence-corrected chi connectivity index (χ0v) is 14.1. The second-order valence-corrected chi connectivity index (χ2v) is 6.96. The minimum absolute atomic E-state index is 0.126. The van der Waals surface area contributed by atoms with E-state index in [1.165, 1.54) is 17.1 Å². The Hall–Kier alpha value is -1.72. The second kappa shape index (κ2) is 5.73. The van der Waals surface area contributed by atoms with Gasteiger partial charge in [-0.2, -0.15) is 0 Å². The van der Waals surface area contributed by atoms with Gasteiger partial charge in [-0.1, -0.05) is 0 Å². The smallest absolute Gasteiger partial charge is 0.129 e. The quantitative estimate of drug-likeness (QED) is 0.850. The van der Waals surface area contributed by atoms with E-state index >= 15 is 0 Å². The number of aromatic nitrogens is 3. The van der Waals surface area contributed by atoms with Crippen molar-refractivity contribution in [2.75, 3.05) is 26.7 Å². The standard InChI is InChI=1S/C18H25N5/c1-15-13-20-17-18(21(2)11-12-23(15)17)5-9-22(10-6-18)14-16-3-7-19-8-4-16/h3-4,7-8,13H,5-6,9-12,14H2,1-2H3. The first-order valence-corrected chi connectivity index (χ1v) is 8.54. The molecule has 0 saturated carbocycles. The van der Waals surface area contributed by atoms with Crippen LogP contribution in [-0.2, 0) is 18.6 Å². The number of pyridine rings is 1. The van der Waals surface area contributed by atoms with E-state index in [0.29, 0.717) is 0 Å². The molecule has 2 aliphatic heterocycles. The van der Waals surface area contributed by atoms with Crippen molar-refractivity contribution >= 4 is 0 Å². The molecule has 4 rings (SSSR count). The molecule has 122 valence electrons. The Morgan fingerprint density at radius 2 is 1.83 bits per heavy atom. The van der Waals surface area contributed by atoms with E-state index in [-0.39, 0.29) is 5.54 Å². The fourth-order valence-electron chi connectivity index (χ4n) is 4.18. The van der Waals surface area contributed by atoms with Gasteiger partial charge in [-0.05, 0) is 44.5 Å². The van der Waals surface area contributed by atoms with E-state index in [4.69, 9.17) is 4.98 Å². The molecule has 2 aliphatic rings. The Morgan fingerprint density at radius 3 is 2.57 bits per heavy atom. The molecule has 0 unspecified atom stereocenters. The molecule has 0 aromatic carbocycles. The van der Waals surface area contributed by atoms with Gasteiger partial charge in [0.2, 0.25) is 0 Å². The molecule has 0 amide bonds. The van der Waals surface area contributed by atoms with E-state index < -0.39 is 0 Å². The average Bonchev–Trinajstić information content (AvgIpc) is 2.96. The molecular formula is C18H25N5. The molecule has 2 aromatic heterocycles. The first-order valence-electron chi connectivity index (χ1n) is 8.54. The molecule has 0 N–H and O–H groups in total. The van der Waals surface area contributed by atoms with Crippen LogP contribution in [0.2, 0.25) is 0 Å². The van der Waals surface area contributed by atoms with Gasteiger partial charge in [-0.3, -0.25) is 14.8 Å². The summed E-state index contributed by atoms with van der Waals surface area (Å²) >= 11 is 0. The molecule has 0 bridgehead atoms. The van der Waals surface area contributed by atoms with Crippen LogP contribution in [-0.4, -0.2) is 51.0 Å². The van der Waals surface area contributed by atoms with Gasteiger partial charge in [-0.15, -0.1) is 0 Å². The molecular weight excluding hydrogens is 286 g/mol. The highest BCUT2D eigenvalue weighted by Crippen LogP contribution is 2.40. The number of likely N-dealkylation sites (N-methyl/N-ethyl adjacent to an activating group) is 1. The largest absolute Gasteiger partial charge is 0.329 e. The molecule has 0 radical (unpaired) electrons. The third kappa shape index (κ3) is 2.48. The summed E-state index contributed by atoms with van der Waals surface area (Å²) in [5.74, 6) is 1.28. The Morgan fingerprint density at radius 1 is 1.09 bits per heavy atom. The highest BCUT2D eigenvalue weighted by Gasteiger charge is 2.45. The minimum atomic E-state index is 0.126. The molecule has 4 heterocycles. The van der Waals surface area contributed by atoms with E-state index in [9.17, 15) is 0 Å². The molecule has 5 heteroatoms. The van der Waals surface area contributed by atoms with E-state index in [2.05, 4.69) is 45.5 Å².